The van der Waals surface area contributed by atoms with Gasteiger partial charge in [-0.2, -0.15) is 5.10 Å². The monoisotopic (exact) mass is 448 g/mol. The molecule has 12 heteroatoms. The number of sulfonamides is 1. The van der Waals surface area contributed by atoms with Crippen molar-refractivity contribution >= 4 is 32.7 Å². The van der Waals surface area contributed by atoms with E-state index in [1.165, 1.54) is 12.1 Å². The molecule has 162 valence electrons. The number of carbonyl (C=O) groups is 2. The van der Waals surface area contributed by atoms with E-state index in [9.17, 15) is 27.2 Å². The van der Waals surface area contributed by atoms with Crippen molar-refractivity contribution in [3.05, 3.63) is 69.9 Å². The van der Waals surface area contributed by atoms with Gasteiger partial charge in [-0.25, -0.2) is 22.3 Å². The lowest BCUT2D eigenvalue weighted by Crippen LogP contribution is -2.42. The molecule has 1 heterocycles. The predicted octanol–water partition coefficient (Wildman–Crippen LogP) is 1.44. The first-order chi connectivity index (χ1) is 14.5. The maximum atomic E-state index is 13.5. The number of aromatic nitrogens is 2. The lowest BCUT2D eigenvalue weighted by atomic mass is 10.1. The van der Waals surface area contributed by atoms with Gasteiger partial charge in [-0.05, 0) is 38.1 Å². The molecule has 0 bridgehead atoms. The van der Waals surface area contributed by atoms with Crippen LogP contribution in [0, 0.1) is 5.82 Å². The molecule has 3 rings (SSSR count). The highest BCUT2D eigenvalue weighted by Gasteiger charge is 2.22. The number of hydrogen-bond donors (Lipinski definition) is 3. The second-order valence-corrected chi connectivity index (χ2v) is 8.43. The first-order valence-corrected chi connectivity index (χ1v) is 10.4. The molecule has 3 aromatic rings. The van der Waals surface area contributed by atoms with Crippen molar-refractivity contribution in [3.63, 3.8) is 0 Å². The number of nitrogens with one attached hydrogen (secondary N) is 2. The maximum Gasteiger partial charge on any atom is 0.338 e. The summed E-state index contributed by atoms with van der Waals surface area (Å²) in [4.78, 5) is 37.5. The van der Waals surface area contributed by atoms with Crippen molar-refractivity contribution in [2.75, 3.05) is 0 Å². The van der Waals surface area contributed by atoms with Crippen LogP contribution in [0.1, 0.15) is 40.7 Å². The van der Waals surface area contributed by atoms with Gasteiger partial charge in [0.05, 0.1) is 21.9 Å². The second-order valence-electron chi connectivity index (χ2n) is 6.74. The van der Waals surface area contributed by atoms with Gasteiger partial charge in [0.25, 0.3) is 21.5 Å². The minimum Gasteiger partial charge on any atom is -0.478 e. The fourth-order valence-corrected chi connectivity index (χ4v) is 3.66. The van der Waals surface area contributed by atoms with Gasteiger partial charge in [0.15, 0.2) is 5.69 Å². The molecule has 0 radical (unpaired) electrons. The van der Waals surface area contributed by atoms with Crippen LogP contribution in [0.2, 0.25) is 0 Å². The summed E-state index contributed by atoms with van der Waals surface area (Å²) in [5.74, 6) is -3.71. The Hall–Kier alpha value is -3.64. The van der Waals surface area contributed by atoms with E-state index in [0.29, 0.717) is 12.1 Å². The number of carbonyl (C=O) groups excluding carboxylic acids is 1. The van der Waals surface area contributed by atoms with Gasteiger partial charge in [-0.1, -0.05) is 18.2 Å². The van der Waals surface area contributed by atoms with Gasteiger partial charge in [0.1, 0.15) is 5.82 Å². The third-order valence-corrected chi connectivity index (χ3v) is 5.56. The average molecular weight is 448 g/mol. The molecule has 1 aromatic heterocycles. The molecular weight excluding hydrogens is 431 g/mol. The zero-order chi connectivity index (χ0) is 22.9. The van der Waals surface area contributed by atoms with Gasteiger partial charge in [-0.15, -0.1) is 4.83 Å². The number of aromatic carboxylic acids is 1. The number of carboxylic acids is 1. The molecule has 2 aromatic carbocycles. The number of hydrazine groups is 1. The normalized spacial score (nSPS) is 11.6. The predicted molar refractivity (Wildman–Crippen MR) is 108 cm³/mol. The molecule has 0 aliphatic heterocycles. The molecule has 31 heavy (non-hydrogen) atoms. The van der Waals surface area contributed by atoms with Crippen LogP contribution >= 0.6 is 0 Å². The van der Waals surface area contributed by atoms with Crippen molar-refractivity contribution in [1.29, 1.82) is 0 Å². The Kier molecular flexibility index (Phi) is 5.86. The smallest absolute Gasteiger partial charge is 0.338 e. The number of nitrogens with zero attached hydrogens (tertiary/aromatic N) is 2. The molecule has 0 fully saturated rings. The van der Waals surface area contributed by atoms with Crippen LogP contribution in [0.25, 0.3) is 10.8 Å². The summed E-state index contributed by atoms with van der Waals surface area (Å²) in [5, 5.41) is 13.5. The molecule has 0 spiro atoms. The third kappa shape index (κ3) is 4.29. The Morgan fingerprint density at radius 3 is 2.39 bits per heavy atom. The van der Waals surface area contributed by atoms with Crippen LogP contribution in [0.5, 0.6) is 0 Å². The minimum atomic E-state index is -4.43. The molecule has 0 unspecified atom stereocenters. The van der Waals surface area contributed by atoms with E-state index in [2.05, 4.69) is 5.10 Å². The highest BCUT2D eigenvalue weighted by Crippen LogP contribution is 2.16. The number of fused-ring (bicyclic) bond motifs is 1. The van der Waals surface area contributed by atoms with E-state index < -0.39 is 43.7 Å². The van der Waals surface area contributed by atoms with E-state index in [1.54, 1.807) is 26.0 Å². The molecule has 1 amide bonds. The average Bonchev–Trinajstić information content (AvgIpc) is 2.72. The van der Waals surface area contributed by atoms with Gasteiger partial charge in [0.2, 0.25) is 0 Å². The first kappa shape index (κ1) is 22.1. The summed E-state index contributed by atoms with van der Waals surface area (Å²) in [6, 6.07) is 8.02. The number of hydrogen-bond acceptors (Lipinski definition) is 6. The standard InChI is InChI=1S/C19H17FN4O6S/c1-10(2)24-18(26)13-6-4-3-5-12(13)16(22-24)17(25)21-23-31(29,30)11-7-8-15(20)14(9-11)19(27)28/h3-10,23H,1-2H3,(H,21,25)(H,27,28). The number of halogens is 1. The van der Waals surface area contributed by atoms with Crippen molar-refractivity contribution in [2.24, 2.45) is 0 Å². The summed E-state index contributed by atoms with van der Waals surface area (Å²) in [5.41, 5.74) is 0.537. The number of carboxylic acid groups (broad SMARTS) is 1. The Bertz CT molecular complexity index is 1370. The van der Waals surface area contributed by atoms with Crippen molar-refractivity contribution in [2.45, 2.75) is 24.8 Å². The Morgan fingerprint density at radius 1 is 1.13 bits per heavy atom. The molecule has 0 atom stereocenters. The highest BCUT2D eigenvalue weighted by atomic mass is 32.2. The SMILES string of the molecule is CC(C)n1nc(C(=O)NNS(=O)(=O)c2ccc(F)c(C(=O)O)c2)c2ccccc2c1=O. The van der Waals surface area contributed by atoms with E-state index in [4.69, 9.17) is 5.11 Å². The number of benzene rings is 2. The van der Waals surface area contributed by atoms with Crippen molar-refractivity contribution in [1.82, 2.24) is 20.0 Å². The lowest BCUT2D eigenvalue weighted by molar-refractivity contribution is 0.0691. The molecular formula is C19H17FN4O6S. The molecule has 3 N–H and O–H groups in total. The van der Waals surface area contributed by atoms with Gasteiger partial charge in [0, 0.05) is 5.39 Å². The fraction of sp³-hybridized carbons (Fsp3) is 0.158. The molecule has 0 aliphatic carbocycles. The van der Waals surface area contributed by atoms with Gasteiger partial charge < -0.3 is 5.11 Å². The van der Waals surface area contributed by atoms with Crippen molar-refractivity contribution < 1.29 is 27.5 Å². The second kappa shape index (κ2) is 8.24. The molecule has 10 nitrogen and oxygen atoms in total. The van der Waals surface area contributed by atoms with E-state index in [-0.39, 0.29) is 22.5 Å². The molecule has 0 saturated heterocycles. The van der Waals surface area contributed by atoms with Crippen LogP contribution in [0.4, 0.5) is 4.39 Å². The summed E-state index contributed by atoms with van der Waals surface area (Å²) < 4.78 is 39.5. The van der Waals surface area contributed by atoms with Crippen LogP contribution in [-0.4, -0.2) is 35.2 Å². The number of amides is 1. The van der Waals surface area contributed by atoms with Crippen LogP contribution in [-0.2, 0) is 10.0 Å². The third-order valence-electron chi connectivity index (χ3n) is 4.31. The Labute approximate surface area is 175 Å². The van der Waals surface area contributed by atoms with E-state index in [0.717, 1.165) is 10.7 Å². The topological polar surface area (TPSA) is 147 Å². The summed E-state index contributed by atoms with van der Waals surface area (Å²) in [6.07, 6.45) is 0. The first-order valence-electron chi connectivity index (χ1n) is 8.89. The zero-order valence-electron chi connectivity index (χ0n) is 16.3. The van der Waals surface area contributed by atoms with Gasteiger partial charge >= 0.3 is 5.97 Å². The summed E-state index contributed by atoms with van der Waals surface area (Å²) in [6.45, 7) is 3.39. The molecule has 0 aliphatic rings. The van der Waals surface area contributed by atoms with Crippen LogP contribution in [0.3, 0.4) is 0 Å². The summed E-state index contributed by atoms with van der Waals surface area (Å²) >= 11 is 0. The lowest BCUT2D eigenvalue weighted by Gasteiger charge is -2.14. The van der Waals surface area contributed by atoms with Crippen LogP contribution < -0.4 is 15.8 Å². The van der Waals surface area contributed by atoms with E-state index >= 15 is 0 Å². The molecule has 0 saturated carbocycles. The highest BCUT2D eigenvalue weighted by molar-refractivity contribution is 7.89. The summed E-state index contributed by atoms with van der Waals surface area (Å²) in [7, 11) is -4.43. The maximum absolute atomic E-state index is 13.5. The Morgan fingerprint density at radius 2 is 1.77 bits per heavy atom. The van der Waals surface area contributed by atoms with E-state index in [1.807, 2.05) is 10.3 Å². The van der Waals surface area contributed by atoms with Crippen molar-refractivity contribution in [3.8, 4) is 0 Å². The van der Waals surface area contributed by atoms with Crippen LogP contribution in [0.15, 0.2) is 52.2 Å². The Balaban J connectivity index is 1.95. The zero-order valence-corrected chi connectivity index (χ0v) is 17.1. The van der Waals surface area contributed by atoms with Gasteiger partial charge in [-0.3, -0.25) is 15.0 Å². The number of rotatable bonds is 6. The largest absolute Gasteiger partial charge is 0.478 e. The quantitative estimate of drug-likeness (QED) is 0.483. The fourth-order valence-electron chi connectivity index (χ4n) is 2.79. The minimum absolute atomic E-state index is 0.197.